The summed E-state index contributed by atoms with van der Waals surface area (Å²) in [5.41, 5.74) is 1.86. The van der Waals surface area contributed by atoms with Crippen LogP contribution in [0.15, 0.2) is 28.3 Å². The molecule has 0 aromatic carbocycles. The third kappa shape index (κ3) is 2.69. The van der Waals surface area contributed by atoms with E-state index in [-0.39, 0.29) is 44.1 Å². The number of aliphatic imine (C=N–C) groups is 1. The van der Waals surface area contributed by atoms with E-state index in [1.165, 1.54) is 11.3 Å². The molecule has 0 amide bonds. The summed E-state index contributed by atoms with van der Waals surface area (Å²) >= 11 is 0. The number of carbonyl (C=O) groups excluding carboxylic acids is 1. The highest BCUT2D eigenvalue weighted by molar-refractivity contribution is 7.64. The van der Waals surface area contributed by atoms with Crippen molar-refractivity contribution < 1.29 is 9.36 Å². The Morgan fingerprint density at radius 3 is 2.24 bits per heavy atom. The van der Waals surface area contributed by atoms with Gasteiger partial charge in [0.15, 0.2) is 5.78 Å². The van der Waals surface area contributed by atoms with Gasteiger partial charge >= 0.3 is 0 Å². The number of rotatable bonds is 1. The zero-order valence-corrected chi connectivity index (χ0v) is 25.3. The predicted octanol–water partition coefficient (Wildman–Crippen LogP) is 7.59. The van der Waals surface area contributed by atoms with E-state index in [1.807, 2.05) is 33.3 Å². The van der Waals surface area contributed by atoms with E-state index in [9.17, 15) is 14.6 Å². The van der Waals surface area contributed by atoms with E-state index < -0.39 is 12.6 Å². The Balaban J connectivity index is 1.56. The lowest BCUT2D eigenvalue weighted by Crippen LogP contribution is -2.69. The van der Waals surface area contributed by atoms with Gasteiger partial charge in [0.05, 0.1) is 18.4 Å². The summed E-state index contributed by atoms with van der Waals surface area (Å²) in [5.74, 6) is 0.477. The van der Waals surface area contributed by atoms with Crippen molar-refractivity contribution in [2.24, 2.45) is 43.9 Å². The Bertz CT molecular complexity index is 1320. The highest BCUT2D eigenvalue weighted by Gasteiger charge is 2.80. The molecule has 5 heteroatoms. The molecule has 37 heavy (non-hydrogen) atoms. The summed E-state index contributed by atoms with van der Waals surface area (Å²) in [6.07, 6.45) is 11.8. The van der Waals surface area contributed by atoms with Gasteiger partial charge in [0.2, 0.25) is 0 Å². The number of allylic oxidation sites excluding steroid dienone is 3. The number of carbonyl (C=O) groups is 1. The minimum absolute atomic E-state index is 0.00432. The molecule has 6 aliphatic rings. The fourth-order valence-electron chi connectivity index (χ4n) is 10.9. The first-order chi connectivity index (χ1) is 16.9. The van der Waals surface area contributed by atoms with Crippen LogP contribution in [-0.4, -0.2) is 35.5 Å². The van der Waals surface area contributed by atoms with Crippen LogP contribution in [0.3, 0.4) is 0 Å². The molecular weight excluding hydrogens is 475 g/mol. The van der Waals surface area contributed by atoms with Crippen LogP contribution in [0.2, 0.25) is 0 Å². The van der Waals surface area contributed by atoms with Gasteiger partial charge in [0.1, 0.15) is 11.6 Å². The molecule has 0 saturated heterocycles. The number of fused-ring (bicyclic) bond motifs is 5. The van der Waals surface area contributed by atoms with Crippen molar-refractivity contribution >= 4 is 18.6 Å². The normalized spacial score (nSPS) is 49.0. The summed E-state index contributed by atoms with van der Waals surface area (Å²) in [6.45, 7) is 20.2. The molecule has 3 saturated carbocycles. The van der Waals surface area contributed by atoms with Gasteiger partial charge in [-0.25, -0.2) is 0 Å². The zero-order valence-electron chi connectivity index (χ0n) is 24.4. The first-order valence-electron chi connectivity index (χ1n) is 14.4. The van der Waals surface area contributed by atoms with Crippen molar-refractivity contribution in [2.75, 3.05) is 13.3 Å². The van der Waals surface area contributed by atoms with Gasteiger partial charge in [0.25, 0.3) is 0 Å². The molecule has 0 radical (unpaired) electrons. The number of Topliss-reactive ketones (excluding diaryl/α,β-unsaturated/α-hetero) is 1. The van der Waals surface area contributed by atoms with E-state index in [2.05, 4.69) is 46.8 Å². The van der Waals surface area contributed by atoms with Crippen LogP contribution < -0.4 is 0 Å². The smallest absolute Gasteiger partial charge is 0.178 e. The van der Waals surface area contributed by atoms with Gasteiger partial charge in [-0.3, -0.25) is 9.79 Å². The van der Waals surface area contributed by atoms with E-state index in [0.29, 0.717) is 11.5 Å². The molecular formula is C32H45N2O2P. The van der Waals surface area contributed by atoms with Crippen LogP contribution in [0.25, 0.3) is 0 Å². The summed E-state index contributed by atoms with van der Waals surface area (Å²) in [6, 6.07) is 2.25. The van der Waals surface area contributed by atoms with Crippen LogP contribution in [0.5, 0.6) is 0 Å². The van der Waals surface area contributed by atoms with Gasteiger partial charge in [0, 0.05) is 27.3 Å². The van der Waals surface area contributed by atoms with Crippen LogP contribution in [0.1, 0.15) is 93.4 Å². The first kappa shape index (κ1) is 25.8. The zero-order chi connectivity index (χ0) is 27.2. The van der Waals surface area contributed by atoms with Crippen molar-refractivity contribution in [3.05, 3.63) is 23.3 Å². The quantitative estimate of drug-likeness (QED) is 0.334. The Morgan fingerprint density at radius 2 is 1.62 bits per heavy atom. The molecule has 3 fully saturated rings. The number of nitrogens with zero attached hydrogens (tertiary/aromatic N) is 2. The summed E-state index contributed by atoms with van der Waals surface area (Å²) in [5, 5.41) is 9.81. The minimum atomic E-state index is -2.37. The predicted molar refractivity (Wildman–Crippen MR) is 150 cm³/mol. The summed E-state index contributed by atoms with van der Waals surface area (Å²) < 4.78 is 14.1. The SMILES string of the molecule is CC1(C)CC[C@]2(P(C)(C)=O)CC[C@@]3(C)[C@]4(C)CC[C@H]5C(C)(C)C(=O)C(C#N)=C[C@]5(C)C4=CC4=N[C@]43[C@@H]2C1. The molecule has 7 atom stereocenters. The second-order valence-corrected chi connectivity index (χ2v) is 19.5. The Labute approximate surface area is 223 Å². The number of nitriles is 1. The average Bonchev–Trinajstić information content (AvgIpc) is 3.51. The summed E-state index contributed by atoms with van der Waals surface area (Å²) in [4.78, 5) is 18.7. The highest BCUT2D eigenvalue weighted by atomic mass is 31.2. The van der Waals surface area contributed by atoms with Crippen molar-refractivity contribution in [1.82, 2.24) is 0 Å². The van der Waals surface area contributed by atoms with E-state index in [0.717, 1.165) is 44.9 Å². The van der Waals surface area contributed by atoms with Gasteiger partial charge in [-0.2, -0.15) is 5.26 Å². The van der Waals surface area contributed by atoms with Crippen molar-refractivity contribution in [1.29, 1.82) is 5.26 Å². The second-order valence-electron chi connectivity index (χ2n) is 16.0. The van der Waals surface area contributed by atoms with E-state index >= 15 is 0 Å². The van der Waals surface area contributed by atoms with Gasteiger partial charge in [-0.1, -0.05) is 60.1 Å². The molecule has 200 valence electrons. The minimum Gasteiger partial charge on any atom is -0.324 e. The van der Waals surface area contributed by atoms with Crippen LogP contribution in [0, 0.1) is 50.2 Å². The van der Waals surface area contributed by atoms with Crippen molar-refractivity contribution in [3.8, 4) is 6.07 Å². The Hall–Kier alpha value is -1.46. The lowest BCUT2D eigenvalue weighted by Gasteiger charge is -2.69. The molecule has 1 aliphatic heterocycles. The average molecular weight is 521 g/mol. The van der Waals surface area contributed by atoms with Gasteiger partial charge in [-0.05, 0) is 81.1 Å². The van der Waals surface area contributed by atoms with Crippen LogP contribution in [-0.2, 0) is 9.36 Å². The number of ketones is 1. The monoisotopic (exact) mass is 520 g/mol. The molecule has 0 bridgehead atoms. The first-order valence-corrected chi connectivity index (χ1v) is 17.0. The maximum absolute atomic E-state index is 14.1. The molecule has 1 heterocycles. The van der Waals surface area contributed by atoms with Crippen LogP contribution >= 0.6 is 7.14 Å². The molecule has 0 unspecified atom stereocenters. The molecule has 0 N–H and O–H groups in total. The van der Waals surface area contributed by atoms with Crippen molar-refractivity contribution in [2.45, 2.75) is 104 Å². The third-order valence-electron chi connectivity index (χ3n) is 13.3. The molecule has 5 aliphatic carbocycles. The van der Waals surface area contributed by atoms with E-state index in [1.54, 1.807) is 0 Å². The lowest BCUT2D eigenvalue weighted by atomic mass is 9.35. The fourth-order valence-corrected chi connectivity index (χ4v) is 13.3. The molecule has 4 nitrogen and oxygen atoms in total. The number of hydrogen-bond donors (Lipinski definition) is 0. The Morgan fingerprint density at radius 1 is 0.973 bits per heavy atom. The maximum atomic E-state index is 14.1. The summed E-state index contributed by atoms with van der Waals surface area (Å²) in [7, 11) is -2.37. The molecule has 1 spiro atoms. The standard InChI is InChI=1S/C32H45N2O2P/c1-26(2)12-14-31(37(8,9)36)15-13-30(7)29(6)11-10-21-27(3,4)25(35)20(19-33)17-28(21,5)22(29)16-24-32(30,34-24)23(31)18-26/h16-17,21,23H,10-15,18H2,1-9H3/t21-,23+,28-,29+,30-,31-,32+/m0/s1. The van der Waals surface area contributed by atoms with E-state index in [4.69, 9.17) is 4.99 Å². The molecule has 0 aromatic rings. The van der Waals surface area contributed by atoms with Crippen molar-refractivity contribution in [3.63, 3.8) is 0 Å². The third-order valence-corrected chi connectivity index (χ3v) is 16.3. The van der Waals surface area contributed by atoms with Gasteiger partial charge < -0.3 is 4.57 Å². The van der Waals surface area contributed by atoms with Gasteiger partial charge in [-0.15, -0.1) is 0 Å². The highest BCUT2D eigenvalue weighted by Crippen LogP contribution is 2.81. The topological polar surface area (TPSA) is 70.3 Å². The number of hydrogen-bond acceptors (Lipinski definition) is 4. The fraction of sp³-hybridized carbons (Fsp3) is 0.781. The largest absolute Gasteiger partial charge is 0.324 e. The molecule has 0 aromatic heterocycles. The maximum Gasteiger partial charge on any atom is 0.178 e. The van der Waals surface area contributed by atoms with Crippen LogP contribution in [0.4, 0.5) is 0 Å². The second kappa shape index (κ2) is 6.81. The Kier molecular flexibility index (Phi) is 4.75. The molecule has 6 rings (SSSR count). The lowest BCUT2D eigenvalue weighted by molar-refractivity contribution is -0.133.